The number of hydrogen-bond donors (Lipinski definition) is 2. The summed E-state index contributed by atoms with van der Waals surface area (Å²) in [6.45, 7) is 7.90. The number of ether oxygens (including phenoxy) is 1. The molecule has 0 aliphatic carbocycles. The molecule has 2 N–H and O–H groups in total. The highest BCUT2D eigenvalue weighted by Crippen LogP contribution is 2.35. The van der Waals surface area contributed by atoms with Crippen LogP contribution in [-0.2, 0) is 37.8 Å². The van der Waals surface area contributed by atoms with Crippen LogP contribution >= 0.6 is 0 Å². The third-order valence-corrected chi connectivity index (χ3v) is 10.5. The van der Waals surface area contributed by atoms with Crippen LogP contribution in [0.2, 0.25) is 0 Å². The average molecular weight is 651 g/mol. The van der Waals surface area contributed by atoms with E-state index in [0.29, 0.717) is 47.1 Å². The molecule has 0 spiro atoms. The Labute approximate surface area is 279 Å². The Morgan fingerprint density at radius 3 is 2.62 bits per heavy atom. The van der Waals surface area contributed by atoms with E-state index in [-0.39, 0.29) is 18.1 Å². The molecule has 0 unspecified atom stereocenters. The van der Waals surface area contributed by atoms with Crippen molar-refractivity contribution in [2.24, 2.45) is 7.05 Å². The van der Waals surface area contributed by atoms with Crippen LogP contribution in [0, 0.1) is 0 Å². The second-order valence-electron chi connectivity index (χ2n) is 13.4. The number of piperazine rings is 1. The van der Waals surface area contributed by atoms with Crippen molar-refractivity contribution in [3.8, 4) is 11.1 Å². The van der Waals surface area contributed by atoms with Crippen LogP contribution < -0.4 is 20.7 Å². The molecule has 48 heavy (non-hydrogen) atoms. The van der Waals surface area contributed by atoms with Crippen molar-refractivity contribution in [3.63, 3.8) is 0 Å². The van der Waals surface area contributed by atoms with Crippen molar-refractivity contribution in [1.82, 2.24) is 24.0 Å². The molecule has 4 aromatic heterocycles. The van der Waals surface area contributed by atoms with Gasteiger partial charge >= 0.3 is 0 Å². The second-order valence-corrected chi connectivity index (χ2v) is 13.4. The molecule has 12 heteroatoms. The van der Waals surface area contributed by atoms with E-state index in [0.717, 1.165) is 87.6 Å². The molecular formula is C36H42N8O4. The minimum atomic E-state index is -0.308. The number of aliphatic hydroxyl groups is 1. The Hall–Kier alpha value is -4.52. The van der Waals surface area contributed by atoms with Gasteiger partial charge in [-0.05, 0) is 62.1 Å². The van der Waals surface area contributed by atoms with E-state index in [2.05, 4.69) is 36.6 Å². The molecule has 4 aliphatic heterocycles. The first kappa shape index (κ1) is 30.8. The molecule has 4 aromatic rings. The Morgan fingerprint density at radius 2 is 1.88 bits per heavy atom. The highest BCUT2D eigenvalue weighted by molar-refractivity contribution is 6.08. The van der Waals surface area contributed by atoms with Crippen molar-refractivity contribution in [2.75, 3.05) is 54.5 Å². The smallest absolute Gasteiger partial charge is 0.274 e. The molecule has 0 aromatic carbocycles. The van der Waals surface area contributed by atoms with E-state index in [4.69, 9.17) is 4.74 Å². The molecule has 0 radical (unpaired) electrons. The van der Waals surface area contributed by atoms with E-state index in [1.165, 1.54) is 10.3 Å². The molecule has 8 heterocycles. The topological polar surface area (TPSA) is 121 Å². The number of aryl methyl sites for hydroxylation is 2. The zero-order valence-electron chi connectivity index (χ0n) is 27.6. The SMILES string of the molecule is C[C@@H]1CN(c2ccc(Nc3cc(-c4ccnc(N5CCc6c(cc7n6CCCC7)C5=O)c4CO)cn(C)c3=O)nc2)CCN1C1COC1. The fraction of sp³-hybridized carbons (Fsp3) is 0.444. The van der Waals surface area contributed by atoms with Crippen LogP contribution in [0.15, 0.2) is 53.7 Å². The number of nitrogens with one attached hydrogen (secondary N) is 1. The third-order valence-electron chi connectivity index (χ3n) is 10.5. The molecule has 1 atom stereocenters. The van der Waals surface area contributed by atoms with Gasteiger partial charge in [0.15, 0.2) is 0 Å². The molecule has 4 aliphatic rings. The Bertz CT molecular complexity index is 1910. The predicted molar refractivity (Wildman–Crippen MR) is 184 cm³/mol. The second kappa shape index (κ2) is 12.5. The summed E-state index contributed by atoms with van der Waals surface area (Å²) in [6, 6.07) is 10.5. The van der Waals surface area contributed by atoms with Crippen LogP contribution in [0.3, 0.4) is 0 Å². The van der Waals surface area contributed by atoms with Gasteiger partial charge in [-0.15, -0.1) is 0 Å². The van der Waals surface area contributed by atoms with Crippen LogP contribution in [0.5, 0.6) is 0 Å². The number of hydrogen-bond acceptors (Lipinski definition) is 9. The minimum absolute atomic E-state index is 0.0841. The summed E-state index contributed by atoms with van der Waals surface area (Å²) in [7, 11) is 1.70. The Balaban J connectivity index is 1.04. The summed E-state index contributed by atoms with van der Waals surface area (Å²) in [5.41, 5.74) is 6.26. The van der Waals surface area contributed by atoms with E-state index in [1.54, 1.807) is 30.4 Å². The molecule has 8 rings (SSSR count). The van der Waals surface area contributed by atoms with Crippen LogP contribution in [0.1, 0.15) is 47.1 Å². The van der Waals surface area contributed by atoms with Gasteiger partial charge in [-0.3, -0.25) is 19.4 Å². The van der Waals surface area contributed by atoms with Crippen molar-refractivity contribution >= 4 is 28.9 Å². The lowest BCUT2D eigenvalue weighted by Gasteiger charge is -2.47. The molecule has 12 nitrogen and oxygen atoms in total. The van der Waals surface area contributed by atoms with Gasteiger partial charge in [-0.1, -0.05) is 0 Å². The zero-order chi connectivity index (χ0) is 32.9. The van der Waals surface area contributed by atoms with Crippen LogP contribution in [0.4, 0.5) is 23.0 Å². The number of rotatable bonds is 7. The molecule has 0 saturated carbocycles. The van der Waals surface area contributed by atoms with Crippen LogP contribution in [0.25, 0.3) is 11.1 Å². The summed E-state index contributed by atoms with van der Waals surface area (Å²) in [5.74, 6) is 0.930. The number of nitrogens with zero attached hydrogens (tertiary/aromatic N) is 7. The first-order chi connectivity index (χ1) is 23.4. The zero-order valence-corrected chi connectivity index (χ0v) is 27.6. The lowest BCUT2D eigenvalue weighted by molar-refractivity contribution is -0.0792. The first-order valence-corrected chi connectivity index (χ1v) is 17.0. The van der Waals surface area contributed by atoms with Gasteiger partial charge in [-0.2, -0.15) is 0 Å². The summed E-state index contributed by atoms with van der Waals surface area (Å²) in [5, 5.41) is 13.9. The molecule has 250 valence electrons. The Morgan fingerprint density at radius 1 is 1.00 bits per heavy atom. The number of fused-ring (bicyclic) bond motifs is 3. The summed E-state index contributed by atoms with van der Waals surface area (Å²) in [6.07, 6.45) is 9.27. The molecule has 0 bridgehead atoms. The van der Waals surface area contributed by atoms with Gasteiger partial charge in [0, 0.05) is 87.1 Å². The number of amides is 1. The normalized spacial score (nSPS) is 20.0. The maximum absolute atomic E-state index is 13.8. The van der Waals surface area contributed by atoms with E-state index in [1.807, 2.05) is 30.5 Å². The number of carbonyl (C=O) groups excluding carboxylic acids is 1. The maximum Gasteiger partial charge on any atom is 0.274 e. The minimum Gasteiger partial charge on any atom is -0.392 e. The van der Waals surface area contributed by atoms with Gasteiger partial charge in [0.1, 0.15) is 17.3 Å². The first-order valence-electron chi connectivity index (χ1n) is 17.0. The largest absolute Gasteiger partial charge is 0.392 e. The van der Waals surface area contributed by atoms with Crippen LogP contribution in [-0.4, -0.2) is 86.5 Å². The summed E-state index contributed by atoms with van der Waals surface area (Å²) in [4.78, 5) is 42.9. The lowest BCUT2D eigenvalue weighted by Crippen LogP contribution is -2.60. The number of pyridine rings is 3. The summed E-state index contributed by atoms with van der Waals surface area (Å²) >= 11 is 0. The van der Waals surface area contributed by atoms with Gasteiger partial charge in [0.05, 0.1) is 43.3 Å². The number of carbonyl (C=O) groups is 1. The van der Waals surface area contributed by atoms with Gasteiger partial charge < -0.3 is 29.2 Å². The average Bonchev–Trinajstić information content (AvgIpc) is 3.47. The molecule has 2 saturated heterocycles. The number of anilines is 4. The summed E-state index contributed by atoms with van der Waals surface area (Å²) < 4.78 is 9.24. The molecule has 1 amide bonds. The fourth-order valence-corrected chi connectivity index (χ4v) is 7.87. The molecular weight excluding hydrogens is 608 g/mol. The van der Waals surface area contributed by atoms with Crippen molar-refractivity contribution in [2.45, 2.75) is 57.8 Å². The van der Waals surface area contributed by atoms with E-state index < -0.39 is 0 Å². The van der Waals surface area contributed by atoms with Gasteiger partial charge in [0.25, 0.3) is 11.5 Å². The van der Waals surface area contributed by atoms with Crippen molar-refractivity contribution < 1.29 is 14.6 Å². The Kier molecular flexibility index (Phi) is 8.02. The standard InChI is InChI=1S/C36H42N8O4/c1-23-18-41(13-14-42(23)27-21-48-22-27)26-6-7-33(38-17-26)39-31-15-24(19-40(2)36(31)47)28-8-10-37-34(30(28)20-45)44-12-9-32-29(35(44)46)16-25-5-3-4-11-43(25)32/h6-8,10,15-17,19,23,27,45H,3-5,9,11-14,18,20-22H2,1-2H3,(H,38,39)/t23-/m1/s1. The molecule has 2 fully saturated rings. The highest BCUT2D eigenvalue weighted by Gasteiger charge is 2.34. The van der Waals surface area contributed by atoms with Crippen molar-refractivity contribution in [1.29, 1.82) is 0 Å². The van der Waals surface area contributed by atoms with Gasteiger partial charge in [-0.25, -0.2) is 9.97 Å². The fourth-order valence-electron chi connectivity index (χ4n) is 7.87. The maximum atomic E-state index is 13.8. The van der Waals surface area contributed by atoms with Gasteiger partial charge in [0.2, 0.25) is 0 Å². The highest BCUT2D eigenvalue weighted by atomic mass is 16.5. The van der Waals surface area contributed by atoms with Crippen molar-refractivity contribution in [3.05, 3.63) is 81.8 Å². The lowest BCUT2D eigenvalue weighted by atomic mass is 10.0. The number of aliphatic hydroxyl groups excluding tert-OH is 1. The van der Waals surface area contributed by atoms with E-state index in [9.17, 15) is 14.7 Å². The monoisotopic (exact) mass is 650 g/mol. The predicted octanol–water partition coefficient (Wildman–Crippen LogP) is 3.33. The third kappa shape index (κ3) is 5.37. The van der Waals surface area contributed by atoms with E-state index >= 15 is 0 Å². The number of aromatic nitrogens is 4. The quantitative estimate of drug-likeness (QED) is 0.310.